The zero-order chi connectivity index (χ0) is 23.5. The number of hydrogen-bond acceptors (Lipinski definition) is 6. The van der Waals surface area contributed by atoms with Gasteiger partial charge in [0, 0.05) is 12.0 Å². The molecule has 8 heteroatoms. The fourth-order valence-electron chi connectivity index (χ4n) is 3.57. The van der Waals surface area contributed by atoms with E-state index < -0.39 is 43.5 Å². The van der Waals surface area contributed by atoms with Crippen molar-refractivity contribution >= 4 is 20.4 Å². The Morgan fingerprint density at radius 1 is 1.23 bits per heavy atom. The molecule has 1 rings (SSSR count). The first-order valence-electron chi connectivity index (χ1n) is 10.5. The highest BCUT2D eigenvalue weighted by Gasteiger charge is 2.59. The molecular formula is C22H41NO6Si. The van der Waals surface area contributed by atoms with Gasteiger partial charge >= 0.3 is 12.1 Å². The van der Waals surface area contributed by atoms with Crippen LogP contribution in [-0.4, -0.2) is 68.4 Å². The molecule has 30 heavy (non-hydrogen) atoms. The quantitative estimate of drug-likeness (QED) is 0.362. The van der Waals surface area contributed by atoms with Crippen LogP contribution >= 0.6 is 0 Å². The third kappa shape index (κ3) is 5.86. The predicted molar refractivity (Wildman–Crippen MR) is 120 cm³/mol. The van der Waals surface area contributed by atoms with E-state index in [1.807, 2.05) is 0 Å². The largest absolute Gasteiger partial charge is 0.467 e. The van der Waals surface area contributed by atoms with E-state index in [9.17, 15) is 14.7 Å². The van der Waals surface area contributed by atoms with Crippen LogP contribution in [0.3, 0.4) is 0 Å². The van der Waals surface area contributed by atoms with E-state index in [1.54, 1.807) is 26.8 Å². The fraction of sp³-hybridized carbons (Fsp3) is 0.818. The van der Waals surface area contributed by atoms with Gasteiger partial charge in [-0.05, 0) is 51.7 Å². The molecule has 0 aliphatic carbocycles. The molecule has 0 spiro atoms. The van der Waals surface area contributed by atoms with Crippen molar-refractivity contribution in [1.82, 2.24) is 4.90 Å². The molecular weight excluding hydrogens is 402 g/mol. The van der Waals surface area contributed by atoms with Gasteiger partial charge in [-0.1, -0.05) is 26.8 Å². The molecule has 1 aliphatic heterocycles. The minimum absolute atomic E-state index is 0.0113. The SMILES string of the molecule is C=CCC1(CCO[Si](C)(C)C(C)(C)C)C(O)CN(C(=O)OC(C)(C)C)[C@@H]1C(=O)OC. The van der Waals surface area contributed by atoms with Crippen LogP contribution in [0.15, 0.2) is 12.7 Å². The number of likely N-dealkylation sites (tertiary alicyclic amines) is 1. The lowest BCUT2D eigenvalue weighted by Gasteiger charge is -2.40. The molecule has 0 bridgehead atoms. The lowest BCUT2D eigenvalue weighted by atomic mass is 9.73. The number of carbonyl (C=O) groups is 2. The number of allylic oxidation sites excluding steroid dienone is 1. The van der Waals surface area contributed by atoms with Gasteiger partial charge in [0.05, 0.1) is 19.8 Å². The number of β-amino-alcohol motifs (C(OH)–C–C–N with tert-alkyl or cyclic N) is 1. The third-order valence-electron chi connectivity index (χ3n) is 6.30. The van der Waals surface area contributed by atoms with E-state index in [2.05, 4.69) is 40.4 Å². The number of hydrogen-bond donors (Lipinski definition) is 1. The van der Waals surface area contributed by atoms with Crippen LogP contribution in [0, 0.1) is 5.41 Å². The second-order valence-corrected chi connectivity index (χ2v) is 15.5. The molecule has 0 aromatic rings. The van der Waals surface area contributed by atoms with Crippen LogP contribution in [0.25, 0.3) is 0 Å². The summed E-state index contributed by atoms with van der Waals surface area (Å²) in [5.41, 5.74) is -1.67. The van der Waals surface area contributed by atoms with Crippen LogP contribution in [0.5, 0.6) is 0 Å². The first-order valence-corrected chi connectivity index (χ1v) is 13.4. The van der Waals surface area contributed by atoms with Crippen molar-refractivity contribution in [3.8, 4) is 0 Å². The molecule has 1 aliphatic rings. The average Bonchev–Trinajstić information content (AvgIpc) is 2.85. The van der Waals surface area contributed by atoms with E-state index in [1.165, 1.54) is 12.0 Å². The van der Waals surface area contributed by atoms with E-state index in [4.69, 9.17) is 13.9 Å². The Morgan fingerprint density at radius 3 is 2.23 bits per heavy atom. The highest BCUT2D eigenvalue weighted by molar-refractivity contribution is 6.74. The van der Waals surface area contributed by atoms with Crippen LogP contribution < -0.4 is 0 Å². The summed E-state index contributed by atoms with van der Waals surface area (Å²) in [6.07, 6.45) is 0.826. The van der Waals surface area contributed by atoms with Gasteiger partial charge in [-0.2, -0.15) is 0 Å². The number of nitrogens with zero attached hydrogens (tertiary/aromatic N) is 1. The van der Waals surface area contributed by atoms with Gasteiger partial charge in [0.2, 0.25) is 0 Å². The topological polar surface area (TPSA) is 85.3 Å². The number of aliphatic hydroxyl groups excluding tert-OH is 1. The van der Waals surface area contributed by atoms with Gasteiger partial charge in [-0.25, -0.2) is 9.59 Å². The van der Waals surface area contributed by atoms with Gasteiger partial charge in [0.1, 0.15) is 11.6 Å². The number of ether oxygens (including phenoxy) is 2. The molecule has 1 heterocycles. The number of amides is 1. The van der Waals surface area contributed by atoms with E-state index >= 15 is 0 Å². The second-order valence-electron chi connectivity index (χ2n) is 10.7. The van der Waals surface area contributed by atoms with E-state index in [0.29, 0.717) is 19.4 Å². The van der Waals surface area contributed by atoms with Crippen molar-refractivity contribution in [3.05, 3.63) is 12.7 Å². The maximum Gasteiger partial charge on any atom is 0.411 e. The minimum Gasteiger partial charge on any atom is -0.467 e. The monoisotopic (exact) mass is 443 g/mol. The molecule has 1 N–H and O–H groups in total. The summed E-state index contributed by atoms with van der Waals surface area (Å²) in [7, 11) is -0.729. The zero-order valence-electron chi connectivity index (χ0n) is 20.2. The van der Waals surface area contributed by atoms with Crippen molar-refractivity contribution in [1.29, 1.82) is 0 Å². The summed E-state index contributed by atoms with van der Waals surface area (Å²) >= 11 is 0. The van der Waals surface area contributed by atoms with Crippen molar-refractivity contribution in [3.63, 3.8) is 0 Å². The molecule has 0 aromatic heterocycles. The summed E-state index contributed by atoms with van der Waals surface area (Å²) in [4.78, 5) is 26.9. The normalized spacial score (nSPS) is 25.2. The third-order valence-corrected chi connectivity index (χ3v) is 10.8. The summed E-state index contributed by atoms with van der Waals surface area (Å²) in [6, 6.07) is -0.978. The molecule has 1 fully saturated rings. The fourth-order valence-corrected chi connectivity index (χ4v) is 4.62. The van der Waals surface area contributed by atoms with Crippen LogP contribution in [0.1, 0.15) is 54.4 Å². The number of carbonyl (C=O) groups excluding carboxylic acids is 2. The van der Waals surface area contributed by atoms with Gasteiger partial charge in [-0.15, -0.1) is 6.58 Å². The Balaban J connectivity index is 3.23. The first kappa shape index (κ1) is 26.7. The zero-order valence-corrected chi connectivity index (χ0v) is 21.2. The Hall–Kier alpha value is -1.38. The van der Waals surface area contributed by atoms with Gasteiger partial charge in [0.15, 0.2) is 8.32 Å². The maximum atomic E-state index is 12.8. The lowest BCUT2D eigenvalue weighted by Crippen LogP contribution is -2.52. The highest BCUT2D eigenvalue weighted by Crippen LogP contribution is 2.46. The van der Waals surface area contributed by atoms with Gasteiger partial charge in [0.25, 0.3) is 0 Å². The Morgan fingerprint density at radius 2 is 1.80 bits per heavy atom. The summed E-state index contributed by atoms with van der Waals surface area (Å²) in [6.45, 7) is 20.2. The summed E-state index contributed by atoms with van der Waals surface area (Å²) < 4.78 is 16.8. The van der Waals surface area contributed by atoms with Gasteiger partial charge in [-0.3, -0.25) is 4.90 Å². The Labute approximate surface area is 182 Å². The smallest absolute Gasteiger partial charge is 0.411 e. The van der Waals surface area contributed by atoms with Crippen LogP contribution in [-0.2, 0) is 18.7 Å². The number of rotatable bonds is 7. The molecule has 2 unspecified atom stereocenters. The average molecular weight is 444 g/mol. The van der Waals surface area contributed by atoms with Crippen molar-refractivity contribution in [2.45, 2.75) is 90.3 Å². The molecule has 1 amide bonds. The highest BCUT2D eigenvalue weighted by atomic mass is 28.4. The molecule has 0 aromatic carbocycles. The minimum atomic E-state index is -2.01. The molecule has 0 saturated carbocycles. The number of methoxy groups -OCH3 is 1. The summed E-state index contributed by atoms with van der Waals surface area (Å²) in [5, 5.41) is 11.1. The Kier molecular flexibility index (Phi) is 8.35. The van der Waals surface area contributed by atoms with Crippen molar-refractivity contribution in [2.24, 2.45) is 5.41 Å². The van der Waals surface area contributed by atoms with Crippen molar-refractivity contribution < 1.29 is 28.6 Å². The van der Waals surface area contributed by atoms with Crippen LogP contribution in [0.4, 0.5) is 4.79 Å². The lowest BCUT2D eigenvalue weighted by molar-refractivity contribution is -0.151. The Bertz CT molecular complexity index is 637. The van der Waals surface area contributed by atoms with E-state index in [0.717, 1.165) is 0 Å². The summed E-state index contributed by atoms with van der Waals surface area (Å²) in [5.74, 6) is -0.577. The molecule has 7 nitrogen and oxygen atoms in total. The number of aliphatic hydroxyl groups is 1. The predicted octanol–water partition coefficient (Wildman–Crippen LogP) is 4.11. The molecule has 0 radical (unpaired) electrons. The van der Waals surface area contributed by atoms with E-state index in [-0.39, 0.29) is 11.6 Å². The van der Waals surface area contributed by atoms with Crippen molar-refractivity contribution in [2.75, 3.05) is 20.3 Å². The second kappa shape index (κ2) is 9.40. The number of esters is 1. The van der Waals surface area contributed by atoms with Gasteiger partial charge < -0.3 is 19.0 Å². The molecule has 1 saturated heterocycles. The van der Waals surface area contributed by atoms with Crippen LogP contribution in [0.2, 0.25) is 18.1 Å². The molecule has 3 atom stereocenters. The molecule has 174 valence electrons. The first-order chi connectivity index (χ1) is 13.5. The standard InChI is InChI=1S/C22H41NO6Si/c1-11-12-22(13-14-28-30(9,10)21(5,6)7)16(24)15-23(17(22)18(25)27-8)19(26)29-20(2,3)4/h11,16-17,24H,1,12-15H2,2-10H3/t16?,17-,22?/m1/s1. The maximum absolute atomic E-state index is 12.8.